The molecule has 29 heteroatoms. The highest BCUT2D eigenvalue weighted by Crippen LogP contribution is 2.48. The SMILES string of the molecule is O=C(CN1CC(=O)C(SCCOP(=O)(O)OCCOP(=O)(O)OCCOP(=O)(O)OCC(COP(=O)(O)O)Cc2ccc3c4cccc5cccc(c6cccc2c63)c54)C1=O)Oc1ccccc1[N+](=O)[O-]. The van der Waals surface area contributed by atoms with Crippen molar-refractivity contribution in [2.24, 2.45) is 5.92 Å². The van der Waals surface area contributed by atoms with Gasteiger partial charge in [-0.1, -0.05) is 78.9 Å². The Kier molecular flexibility index (Phi) is 17.6. The molecule has 1 aliphatic rings. The summed E-state index contributed by atoms with van der Waals surface area (Å²) in [6, 6.07) is 26.8. The number of phosphoric acid groups is 4. The number of fused-ring (bicyclic) bond motifs is 2. The smallest absolute Gasteiger partial charge is 0.418 e. The first kappa shape index (κ1) is 54.2. The van der Waals surface area contributed by atoms with E-state index >= 15 is 0 Å². The van der Waals surface area contributed by atoms with Crippen LogP contribution in [-0.4, -0.2) is 122 Å². The fourth-order valence-electron chi connectivity index (χ4n) is 7.76. The van der Waals surface area contributed by atoms with E-state index in [1.54, 1.807) is 0 Å². The summed E-state index contributed by atoms with van der Waals surface area (Å²) in [5.41, 5.74) is 0.260. The number of phosphoric ester groups is 4. The summed E-state index contributed by atoms with van der Waals surface area (Å²) in [4.78, 5) is 98.2. The zero-order valence-electron chi connectivity index (χ0n) is 36.9. The summed E-state index contributed by atoms with van der Waals surface area (Å²) in [6.07, 6.45) is 0.0866. The monoisotopic (exact) mass is 1080 g/mol. The molecule has 5 atom stereocenters. The van der Waals surface area contributed by atoms with Crippen molar-refractivity contribution in [1.82, 2.24) is 4.90 Å². The van der Waals surface area contributed by atoms with Gasteiger partial charge in [0.25, 0.3) is 0 Å². The number of benzene rings is 6. The second kappa shape index (κ2) is 23.1. The minimum Gasteiger partial charge on any atom is -0.418 e. The van der Waals surface area contributed by atoms with Gasteiger partial charge < -0.3 is 34.1 Å². The number of ketones is 1. The summed E-state index contributed by atoms with van der Waals surface area (Å²) in [7, 11) is -19.6. The molecule has 1 amide bonds. The fraction of sp³-hybridized carbons (Fsp3) is 0.310. The lowest BCUT2D eigenvalue weighted by molar-refractivity contribution is -0.385. The average molecular weight is 1080 g/mol. The van der Waals surface area contributed by atoms with Gasteiger partial charge in [0.05, 0.1) is 57.7 Å². The quantitative estimate of drug-likeness (QED) is 0.00427. The predicted octanol–water partition coefficient (Wildman–Crippen LogP) is 6.43. The Labute approximate surface area is 406 Å². The van der Waals surface area contributed by atoms with Crippen molar-refractivity contribution in [2.45, 2.75) is 11.7 Å². The molecule has 0 bridgehead atoms. The van der Waals surface area contributed by atoms with E-state index in [1.807, 2.05) is 66.7 Å². The minimum absolute atomic E-state index is 0.0866. The fourth-order valence-corrected chi connectivity index (χ4v) is 11.4. The number of amides is 1. The van der Waals surface area contributed by atoms with Gasteiger partial charge in [-0.05, 0) is 61.1 Å². The number of ether oxygens (including phenoxy) is 1. The lowest BCUT2D eigenvalue weighted by Crippen LogP contribution is -2.35. The molecule has 7 rings (SSSR count). The molecule has 0 radical (unpaired) electrons. The Morgan fingerprint density at radius 3 is 1.79 bits per heavy atom. The number of nitro groups is 1. The molecule has 5 unspecified atom stereocenters. The summed E-state index contributed by atoms with van der Waals surface area (Å²) in [5, 5.41) is 18.0. The van der Waals surface area contributed by atoms with E-state index in [-0.39, 0.29) is 17.9 Å². The van der Waals surface area contributed by atoms with Gasteiger partial charge in [0.1, 0.15) is 11.8 Å². The summed E-state index contributed by atoms with van der Waals surface area (Å²) < 4.78 is 87.8. The van der Waals surface area contributed by atoms with Crippen LogP contribution in [0, 0.1) is 16.0 Å². The molecule has 5 N–H and O–H groups in total. The van der Waals surface area contributed by atoms with Gasteiger partial charge in [-0.2, -0.15) is 0 Å². The van der Waals surface area contributed by atoms with E-state index in [0.717, 1.165) is 71.4 Å². The minimum atomic E-state index is -4.97. The third kappa shape index (κ3) is 14.3. The number of nitro benzene ring substituents is 1. The summed E-state index contributed by atoms with van der Waals surface area (Å²) in [5.74, 6) is -3.80. The maximum atomic E-state index is 12.8. The number of hydrogen-bond donors (Lipinski definition) is 5. The van der Waals surface area contributed by atoms with E-state index in [0.29, 0.717) is 0 Å². The molecule has 1 heterocycles. The first-order valence-corrected chi connectivity index (χ1v) is 28.2. The highest BCUT2D eigenvalue weighted by Gasteiger charge is 2.41. The average Bonchev–Trinajstić information content (AvgIpc) is 3.57. The van der Waals surface area contributed by atoms with Gasteiger partial charge in [0.15, 0.2) is 5.78 Å². The molecular formula is C42H44N2O22P4S. The number of rotatable bonds is 27. The Balaban J connectivity index is 0.815. The standard InChI is InChI=1S/C42H44N2O22P4S/c45-36-23-43(24-38(46)66-37-13-2-1-12-35(37)44(48)49)42(47)41(36)71-21-20-63-69(55,56)61-17-16-59-68(53,54)60-18-19-62-70(57,58)65-26-27(25-64-67(50,51)52)22-29-14-15-34-32-10-4-7-28-6-3-9-31(39(28)32)33-11-5-8-30(29)40(33)34/h1-15,27,41H,16-26H2,(H,53,54)(H,55,56)(H,57,58)(H2,50,51,52). The highest BCUT2D eigenvalue weighted by molar-refractivity contribution is 8.01. The highest BCUT2D eigenvalue weighted by atomic mass is 32.2. The first-order chi connectivity index (χ1) is 33.6. The first-order valence-electron chi connectivity index (χ1n) is 21.1. The number of thioether (sulfide) groups is 1. The second-order valence-corrected chi connectivity index (χ2v) is 22.4. The number of hydrogen-bond acceptors (Lipinski definition) is 18. The van der Waals surface area contributed by atoms with E-state index < -0.39 is 130 Å². The van der Waals surface area contributed by atoms with Gasteiger partial charge in [-0.3, -0.25) is 51.4 Å². The van der Waals surface area contributed by atoms with Gasteiger partial charge in [0.2, 0.25) is 11.7 Å². The zero-order valence-corrected chi connectivity index (χ0v) is 41.3. The number of para-hydroxylation sites is 2. The molecule has 0 spiro atoms. The Hall–Kier alpha value is -4.58. The van der Waals surface area contributed by atoms with E-state index in [4.69, 9.17) is 31.9 Å². The second-order valence-electron chi connectivity index (χ2n) is 15.5. The molecule has 6 aromatic carbocycles. The lowest BCUT2D eigenvalue weighted by atomic mass is 9.87. The molecule has 380 valence electrons. The van der Waals surface area contributed by atoms with Crippen LogP contribution in [0.25, 0.3) is 43.1 Å². The van der Waals surface area contributed by atoms with Crippen LogP contribution in [0.4, 0.5) is 5.69 Å². The van der Waals surface area contributed by atoms with Gasteiger partial charge in [-0.15, -0.1) is 11.8 Å². The van der Waals surface area contributed by atoms with Gasteiger partial charge >= 0.3 is 42.9 Å². The molecule has 6 aromatic rings. The van der Waals surface area contributed by atoms with Crippen LogP contribution in [0.1, 0.15) is 5.56 Å². The van der Waals surface area contributed by atoms with Gasteiger partial charge in [-0.25, -0.2) is 23.1 Å². The van der Waals surface area contributed by atoms with Crippen molar-refractivity contribution in [3.63, 3.8) is 0 Å². The van der Waals surface area contributed by atoms with Crippen molar-refractivity contribution < 1.29 is 98.4 Å². The molecule has 1 aliphatic heterocycles. The molecular weight excluding hydrogens is 1040 g/mol. The Morgan fingerprint density at radius 2 is 1.18 bits per heavy atom. The number of nitrogens with zero attached hydrogens (tertiary/aromatic N) is 2. The molecule has 71 heavy (non-hydrogen) atoms. The molecule has 0 aromatic heterocycles. The summed E-state index contributed by atoms with van der Waals surface area (Å²) in [6.45, 7) is -5.96. The zero-order chi connectivity index (χ0) is 51.1. The third-order valence-electron chi connectivity index (χ3n) is 10.7. The van der Waals surface area contributed by atoms with Crippen molar-refractivity contribution in [2.75, 3.05) is 65.1 Å². The van der Waals surface area contributed by atoms with Crippen LogP contribution in [0.3, 0.4) is 0 Å². The topological polar surface area (TPSA) is 341 Å². The molecule has 0 aliphatic carbocycles. The molecule has 1 saturated heterocycles. The van der Waals surface area contributed by atoms with Crippen LogP contribution >= 0.6 is 43.1 Å². The van der Waals surface area contributed by atoms with E-state index in [1.165, 1.54) is 18.2 Å². The Morgan fingerprint density at radius 1 is 0.662 bits per heavy atom. The van der Waals surface area contributed by atoms with Crippen LogP contribution < -0.4 is 4.74 Å². The largest absolute Gasteiger partial charge is 0.472 e. The van der Waals surface area contributed by atoms with Crippen LogP contribution in [0.15, 0.2) is 91.0 Å². The predicted molar refractivity (Wildman–Crippen MR) is 255 cm³/mol. The number of esters is 1. The van der Waals surface area contributed by atoms with Crippen molar-refractivity contribution in [3.05, 3.63) is 107 Å². The van der Waals surface area contributed by atoms with Crippen LogP contribution in [0.2, 0.25) is 0 Å². The Bertz CT molecular complexity index is 3100. The lowest BCUT2D eigenvalue weighted by Gasteiger charge is -2.21. The van der Waals surface area contributed by atoms with Crippen molar-refractivity contribution >= 4 is 109 Å². The number of carbonyl (C=O) groups is 3. The summed E-state index contributed by atoms with van der Waals surface area (Å²) >= 11 is 0.744. The van der Waals surface area contributed by atoms with Crippen LogP contribution in [-0.2, 0) is 70.7 Å². The maximum Gasteiger partial charge on any atom is 0.472 e. The molecule has 0 saturated carbocycles. The normalized spacial score (nSPS) is 17.5. The van der Waals surface area contributed by atoms with Crippen molar-refractivity contribution in [3.8, 4) is 5.75 Å². The van der Waals surface area contributed by atoms with Gasteiger partial charge in [0, 0.05) is 17.7 Å². The third-order valence-corrected chi connectivity index (χ3v) is 15.4. The molecule has 1 fully saturated rings. The molecule has 24 nitrogen and oxygen atoms in total. The number of Topliss-reactive ketones (excluding diaryl/α,β-unsaturated/α-hetero) is 1. The number of carbonyl (C=O) groups excluding carboxylic acids is 3. The maximum absolute atomic E-state index is 12.8. The van der Waals surface area contributed by atoms with Crippen LogP contribution in [0.5, 0.6) is 5.75 Å². The van der Waals surface area contributed by atoms with Crippen molar-refractivity contribution in [1.29, 1.82) is 0 Å². The van der Waals surface area contributed by atoms with E-state index in [2.05, 4.69) is 4.52 Å². The van der Waals surface area contributed by atoms with E-state index in [9.17, 15) is 67.2 Å². The number of likely N-dealkylation sites (tertiary alicyclic amines) is 1.